The van der Waals surface area contributed by atoms with Crippen LogP contribution in [0.4, 0.5) is 11.6 Å². The molecule has 8 heteroatoms. The average molecular weight is 412 g/mol. The van der Waals surface area contributed by atoms with E-state index < -0.39 is 0 Å². The van der Waals surface area contributed by atoms with E-state index >= 15 is 0 Å². The zero-order valence-corrected chi connectivity index (χ0v) is 17.7. The van der Waals surface area contributed by atoms with Crippen molar-refractivity contribution in [1.82, 2.24) is 14.9 Å². The van der Waals surface area contributed by atoms with Crippen LogP contribution in [0.15, 0.2) is 30.6 Å². The molecule has 0 bridgehead atoms. The Bertz CT molecular complexity index is 855. The van der Waals surface area contributed by atoms with Gasteiger partial charge in [0.25, 0.3) is 5.91 Å². The summed E-state index contributed by atoms with van der Waals surface area (Å²) in [4.78, 5) is 28.4. The van der Waals surface area contributed by atoms with Gasteiger partial charge in [0.05, 0.1) is 14.2 Å². The van der Waals surface area contributed by atoms with Crippen LogP contribution in [0.25, 0.3) is 0 Å². The molecule has 2 saturated heterocycles. The summed E-state index contributed by atoms with van der Waals surface area (Å²) < 4.78 is 10.6. The highest BCUT2D eigenvalue weighted by atomic mass is 16.5. The monoisotopic (exact) mass is 411 g/mol. The highest BCUT2D eigenvalue weighted by molar-refractivity contribution is 5.95. The van der Waals surface area contributed by atoms with E-state index in [9.17, 15) is 4.79 Å². The highest BCUT2D eigenvalue weighted by Crippen LogP contribution is 2.25. The third-order valence-electron chi connectivity index (χ3n) is 5.81. The number of ether oxygens (including phenoxy) is 2. The Morgan fingerprint density at radius 2 is 1.33 bits per heavy atom. The smallest absolute Gasteiger partial charge is 0.254 e. The molecule has 30 heavy (non-hydrogen) atoms. The largest absolute Gasteiger partial charge is 0.497 e. The Morgan fingerprint density at radius 1 is 0.767 bits per heavy atom. The van der Waals surface area contributed by atoms with E-state index in [-0.39, 0.29) is 5.91 Å². The number of piperidine rings is 1. The van der Waals surface area contributed by atoms with Crippen molar-refractivity contribution in [3.05, 3.63) is 36.2 Å². The Labute approximate surface area is 177 Å². The number of benzene rings is 1. The van der Waals surface area contributed by atoms with E-state index in [2.05, 4.69) is 25.8 Å². The first kappa shape index (κ1) is 20.3. The summed E-state index contributed by atoms with van der Waals surface area (Å²) in [7, 11) is 3.17. The van der Waals surface area contributed by atoms with Gasteiger partial charge in [-0.2, -0.15) is 0 Å². The number of amides is 1. The first-order valence-corrected chi connectivity index (χ1v) is 10.5. The van der Waals surface area contributed by atoms with E-state index in [0.29, 0.717) is 30.2 Å². The fraction of sp³-hybridized carbons (Fsp3) is 0.500. The van der Waals surface area contributed by atoms with E-state index in [1.54, 1.807) is 38.7 Å². The van der Waals surface area contributed by atoms with Crippen molar-refractivity contribution in [2.75, 3.05) is 63.3 Å². The molecular formula is C22H29N5O3. The van der Waals surface area contributed by atoms with Crippen molar-refractivity contribution in [1.29, 1.82) is 0 Å². The molecule has 1 aromatic heterocycles. The van der Waals surface area contributed by atoms with Gasteiger partial charge in [-0.15, -0.1) is 0 Å². The fourth-order valence-electron chi connectivity index (χ4n) is 4.06. The summed E-state index contributed by atoms with van der Waals surface area (Å²) in [6, 6.07) is 7.36. The summed E-state index contributed by atoms with van der Waals surface area (Å²) in [5, 5.41) is 0. The average Bonchev–Trinajstić information content (AvgIpc) is 2.84. The van der Waals surface area contributed by atoms with Gasteiger partial charge in [-0.1, -0.05) is 0 Å². The van der Waals surface area contributed by atoms with Gasteiger partial charge in [0.1, 0.15) is 29.5 Å². The van der Waals surface area contributed by atoms with Crippen LogP contribution in [0, 0.1) is 0 Å². The van der Waals surface area contributed by atoms with Gasteiger partial charge >= 0.3 is 0 Å². The van der Waals surface area contributed by atoms with Crippen molar-refractivity contribution >= 4 is 17.5 Å². The molecule has 0 unspecified atom stereocenters. The predicted octanol–water partition coefficient (Wildman–Crippen LogP) is 2.45. The number of carbonyl (C=O) groups excluding carboxylic acids is 1. The number of hydrogen-bond acceptors (Lipinski definition) is 7. The topological polar surface area (TPSA) is 71.0 Å². The molecule has 2 fully saturated rings. The zero-order chi connectivity index (χ0) is 20.9. The molecule has 8 nitrogen and oxygen atoms in total. The molecule has 2 aromatic rings. The lowest BCUT2D eigenvalue weighted by Crippen LogP contribution is -2.49. The van der Waals surface area contributed by atoms with Crippen LogP contribution >= 0.6 is 0 Å². The Kier molecular flexibility index (Phi) is 6.21. The van der Waals surface area contributed by atoms with Crippen LogP contribution in [-0.2, 0) is 0 Å². The number of rotatable bonds is 5. The number of hydrogen-bond donors (Lipinski definition) is 0. The molecule has 160 valence electrons. The van der Waals surface area contributed by atoms with E-state index in [1.165, 1.54) is 19.3 Å². The standard InChI is InChI=1S/C22H29N5O3/c1-29-18-12-17(13-19(14-18)30-2)22(28)27-10-8-26(9-11-27)21-15-20(23-16-24-21)25-6-4-3-5-7-25/h12-16H,3-11H2,1-2H3. The number of methoxy groups -OCH3 is 2. The van der Waals surface area contributed by atoms with E-state index in [0.717, 1.165) is 37.8 Å². The lowest BCUT2D eigenvalue weighted by molar-refractivity contribution is 0.0745. The third kappa shape index (κ3) is 4.42. The second kappa shape index (κ2) is 9.19. The molecule has 2 aliphatic rings. The van der Waals surface area contributed by atoms with Crippen LogP contribution in [0.1, 0.15) is 29.6 Å². The first-order chi connectivity index (χ1) is 14.7. The van der Waals surface area contributed by atoms with E-state index in [1.807, 2.05) is 4.90 Å². The van der Waals surface area contributed by atoms with Crippen molar-refractivity contribution in [3.63, 3.8) is 0 Å². The second-order valence-electron chi connectivity index (χ2n) is 7.66. The number of carbonyl (C=O) groups is 1. The van der Waals surface area contributed by atoms with Crippen molar-refractivity contribution in [2.45, 2.75) is 19.3 Å². The lowest BCUT2D eigenvalue weighted by Gasteiger charge is -2.36. The van der Waals surface area contributed by atoms with Crippen molar-refractivity contribution in [3.8, 4) is 11.5 Å². The summed E-state index contributed by atoms with van der Waals surface area (Å²) in [5.74, 6) is 3.15. The molecule has 1 aromatic carbocycles. The van der Waals surface area contributed by atoms with Crippen molar-refractivity contribution < 1.29 is 14.3 Å². The van der Waals surface area contributed by atoms with Gasteiger partial charge in [-0.05, 0) is 31.4 Å². The van der Waals surface area contributed by atoms with Gasteiger partial charge in [0, 0.05) is 57.0 Å². The maximum Gasteiger partial charge on any atom is 0.254 e. The van der Waals surface area contributed by atoms with Crippen LogP contribution in [0.5, 0.6) is 11.5 Å². The van der Waals surface area contributed by atoms with E-state index in [4.69, 9.17) is 9.47 Å². The number of piperazine rings is 1. The number of aromatic nitrogens is 2. The first-order valence-electron chi connectivity index (χ1n) is 10.5. The summed E-state index contributed by atoms with van der Waals surface area (Å²) in [6.07, 6.45) is 5.38. The second-order valence-corrected chi connectivity index (χ2v) is 7.66. The Morgan fingerprint density at radius 3 is 1.90 bits per heavy atom. The maximum absolute atomic E-state index is 13.0. The van der Waals surface area contributed by atoms with Gasteiger partial charge in [0.2, 0.25) is 0 Å². The van der Waals surface area contributed by atoms with Crippen LogP contribution in [-0.4, -0.2) is 74.3 Å². The minimum Gasteiger partial charge on any atom is -0.497 e. The SMILES string of the molecule is COc1cc(OC)cc(C(=O)N2CCN(c3cc(N4CCCCC4)ncn3)CC2)c1. The molecule has 0 radical (unpaired) electrons. The van der Waals surface area contributed by atoms with Crippen LogP contribution < -0.4 is 19.3 Å². The van der Waals surface area contributed by atoms with Gasteiger partial charge in [0.15, 0.2) is 0 Å². The van der Waals surface area contributed by atoms with Crippen LogP contribution in [0.3, 0.4) is 0 Å². The zero-order valence-electron chi connectivity index (χ0n) is 17.7. The summed E-state index contributed by atoms with van der Waals surface area (Å²) >= 11 is 0. The van der Waals surface area contributed by atoms with Crippen LogP contribution in [0.2, 0.25) is 0 Å². The van der Waals surface area contributed by atoms with Gasteiger partial charge in [-0.3, -0.25) is 4.79 Å². The predicted molar refractivity (Wildman–Crippen MR) is 116 cm³/mol. The minimum absolute atomic E-state index is 0.0106. The van der Waals surface area contributed by atoms with Gasteiger partial charge < -0.3 is 24.2 Å². The fourth-order valence-corrected chi connectivity index (χ4v) is 4.06. The molecule has 0 spiro atoms. The summed E-state index contributed by atoms with van der Waals surface area (Å²) in [6.45, 7) is 4.88. The highest BCUT2D eigenvalue weighted by Gasteiger charge is 2.24. The van der Waals surface area contributed by atoms with Gasteiger partial charge in [-0.25, -0.2) is 9.97 Å². The maximum atomic E-state index is 13.0. The van der Waals surface area contributed by atoms with Crippen molar-refractivity contribution in [2.24, 2.45) is 0 Å². The molecule has 0 saturated carbocycles. The minimum atomic E-state index is -0.0106. The summed E-state index contributed by atoms with van der Waals surface area (Å²) in [5.41, 5.74) is 0.578. The molecule has 2 aliphatic heterocycles. The molecular weight excluding hydrogens is 382 g/mol. The Hall–Kier alpha value is -3.03. The molecule has 0 N–H and O–H groups in total. The lowest BCUT2D eigenvalue weighted by atomic mass is 10.1. The molecule has 3 heterocycles. The normalized spacial score (nSPS) is 17.1. The molecule has 1 amide bonds. The quantitative estimate of drug-likeness (QED) is 0.748. The number of nitrogens with zero attached hydrogens (tertiary/aromatic N) is 5. The molecule has 4 rings (SSSR count). The third-order valence-corrected chi connectivity index (χ3v) is 5.81. The Balaban J connectivity index is 1.41. The number of anilines is 2. The molecule has 0 aliphatic carbocycles. The molecule has 0 atom stereocenters.